The van der Waals surface area contributed by atoms with Gasteiger partial charge < -0.3 is 70.2 Å². The van der Waals surface area contributed by atoms with E-state index in [2.05, 4.69) is 47.9 Å². The molecule has 0 aliphatic carbocycles. The van der Waals surface area contributed by atoms with Crippen LogP contribution >= 0.6 is 0 Å². The topological polar surface area (TPSA) is 411 Å². The van der Waals surface area contributed by atoms with Gasteiger partial charge in [-0.3, -0.25) is 57.5 Å². The van der Waals surface area contributed by atoms with E-state index in [0.717, 1.165) is 0 Å². The first-order chi connectivity index (χ1) is 33.7. The van der Waals surface area contributed by atoms with Gasteiger partial charge in [-0.2, -0.15) is 0 Å². The molecule has 0 unspecified atom stereocenters. The molecule has 25 heteroatoms. The van der Waals surface area contributed by atoms with Crippen LogP contribution in [-0.2, 0) is 64.0 Å². The number of aromatic hydroxyl groups is 1. The molecule has 1 heterocycles. The van der Waals surface area contributed by atoms with Gasteiger partial charge in [-0.05, 0) is 48.4 Å². The summed E-state index contributed by atoms with van der Waals surface area (Å²) < 4.78 is 0. The van der Waals surface area contributed by atoms with Crippen molar-refractivity contribution in [3.63, 3.8) is 0 Å². The smallest absolute Gasteiger partial charge is 0.247 e. The standard InChI is InChI=1S/C46H64N12O13/c1-3-25(2)39-46(71)54-29(16-17-33(47)60)42(67)55-31(22-34(48)61)43(68)56-32(23-51-36(63)18-19-38(65)53-30(44(69)58-39)21-26-12-14-28(59)15-13-26)41(66)50-20-8-7-11-37(64)57-40(27-9-5-4-6-10-27)45(70)52-24-35(49)62/h4-6,9-10,12-15,25,29-32,39-40,59H,3,7-8,11,16-24H2,1-2H3,(H2,47,60)(H2,48,61)(H2,49,62)(H,50,66)(H,51,63)(H,52,70)(H,53,65)(H,54,71)(H,55,67)(H,56,68)(H,57,64)(H,58,69)/t25-,29-,30-,31-,32-,39-,40-/m0/s1. The number of carbonyl (C=O) groups excluding carboxylic acids is 12. The number of nitrogens with one attached hydrogen (secondary N) is 9. The van der Waals surface area contributed by atoms with Crippen molar-refractivity contribution >= 4 is 70.9 Å². The maximum absolute atomic E-state index is 14.0. The second-order valence-corrected chi connectivity index (χ2v) is 16.9. The molecule has 0 spiro atoms. The molecule has 12 amide bonds. The van der Waals surface area contributed by atoms with Crippen LogP contribution in [0, 0.1) is 5.92 Å². The predicted octanol–water partition coefficient (Wildman–Crippen LogP) is -3.80. The van der Waals surface area contributed by atoms with E-state index in [1.54, 1.807) is 44.2 Å². The molecule has 1 fully saturated rings. The van der Waals surface area contributed by atoms with Crippen LogP contribution in [0.4, 0.5) is 0 Å². The number of phenolic OH excluding ortho intramolecular Hbond substituents is 1. The second kappa shape index (κ2) is 29.0. The number of hydrogen-bond acceptors (Lipinski definition) is 13. The van der Waals surface area contributed by atoms with Crippen molar-refractivity contribution < 1.29 is 62.6 Å². The van der Waals surface area contributed by atoms with Crippen LogP contribution in [0.5, 0.6) is 5.75 Å². The molecule has 386 valence electrons. The number of rotatable bonds is 20. The Morgan fingerprint density at radius 3 is 1.96 bits per heavy atom. The van der Waals surface area contributed by atoms with Crippen molar-refractivity contribution in [1.82, 2.24) is 47.9 Å². The Balaban J connectivity index is 1.87. The zero-order chi connectivity index (χ0) is 52.6. The molecule has 2 aromatic rings. The molecule has 16 N–H and O–H groups in total. The highest BCUT2D eigenvalue weighted by Crippen LogP contribution is 2.16. The summed E-state index contributed by atoms with van der Waals surface area (Å²) in [4.78, 5) is 157. The number of amides is 12. The molecule has 1 saturated heterocycles. The molecule has 1 aliphatic heterocycles. The Labute approximate surface area is 409 Å². The third-order valence-corrected chi connectivity index (χ3v) is 11.2. The Bertz CT molecular complexity index is 2250. The van der Waals surface area contributed by atoms with Gasteiger partial charge in [0.25, 0.3) is 0 Å². The lowest BCUT2D eigenvalue weighted by molar-refractivity contribution is -0.136. The van der Waals surface area contributed by atoms with Crippen molar-refractivity contribution in [3.8, 4) is 5.75 Å². The fraction of sp³-hybridized carbons (Fsp3) is 0.478. The largest absolute Gasteiger partial charge is 0.508 e. The summed E-state index contributed by atoms with van der Waals surface area (Å²) in [6.45, 7) is 2.24. The zero-order valence-corrected chi connectivity index (χ0v) is 39.5. The SMILES string of the molecule is CC[C@H](C)[C@@H]1NC(=O)[C@H](Cc2ccc(O)cc2)NC(=O)CCC(=O)NC[C@@H](C(=O)NCCCCC(=O)N[C@H](C(=O)NCC(N)=O)c2ccccc2)NC(=O)[C@H](CC(N)=O)NC(=O)[C@H](CCC(N)=O)NC1=O. The van der Waals surface area contributed by atoms with Gasteiger partial charge in [0.1, 0.15) is 42.0 Å². The lowest BCUT2D eigenvalue weighted by Crippen LogP contribution is -2.61. The van der Waals surface area contributed by atoms with Gasteiger partial charge in [0.15, 0.2) is 0 Å². The Morgan fingerprint density at radius 2 is 1.32 bits per heavy atom. The maximum atomic E-state index is 14.0. The van der Waals surface area contributed by atoms with Gasteiger partial charge in [0, 0.05) is 45.2 Å². The second-order valence-electron chi connectivity index (χ2n) is 16.9. The number of nitrogens with two attached hydrogens (primary N) is 3. The summed E-state index contributed by atoms with van der Waals surface area (Å²) in [5, 5.41) is 32.3. The van der Waals surface area contributed by atoms with Gasteiger partial charge in [0.05, 0.1) is 13.0 Å². The molecule has 0 aromatic heterocycles. The van der Waals surface area contributed by atoms with E-state index in [1.807, 2.05) is 0 Å². The van der Waals surface area contributed by atoms with Crippen LogP contribution in [0.2, 0.25) is 0 Å². The Morgan fingerprint density at radius 1 is 0.690 bits per heavy atom. The van der Waals surface area contributed by atoms with Crippen LogP contribution in [0.15, 0.2) is 54.6 Å². The highest BCUT2D eigenvalue weighted by molar-refractivity contribution is 5.98. The Kier molecular flexibility index (Phi) is 23.4. The summed E-state index contributed by atoms with van der Waals surface area (Å²) >= 11 is 0. The molecule has 7 atom stereocenters. The number of phenols is 1. The zero-order valence-electron chi connectivity index (χ0n) is 39.5. The normalized spacial score (nSPS) is 20.4. The molecule has 71 heavy (non-hydrogen) atoms. The van der Waals surface area contributed by atoms with Crippen molar-refractivity contribution in [2.75, 3.05) is 19.6 Å². The van der Waals surface area contributed by atoms with Crippen LogP contribution in [-0.4, -0.2) is 126 Å². The number of hydrogen-bond donors (Lipinski definition) is 13. The number of unbranched alkanes of at least 4 members (excludes halogenated alkanes) is 1. The first-order valence-corrected chi connectivity index (χ1v) is 23.0. The van der Waals surface area contributed by atoms with E-state index in [9.17, 15) is 62.6 Å². The van der Waals surface area contributed by atoms with E-state index < -0.39 is 158 Å². The molecule has 0 saturated carbocycles. The monoisotopic (exact) mass is 992 g/mol. The minimum absolute atomic E-state index is 0.0614. The first kappa shape index (κ1) is 57.2. The molecule has 3 rings (SSSR count). The molecular weight excluding hydrogens is 929 g/mol. The van der Waals surface area contributed by atoms with Gasteiger partial charge in [-0.1, -0.05) is 62.7 Å². The number of primary amides is 3. The Hall–Kier alpha value is -8.12. The minimum atomic E-state index is -1.78. The van der Waals surface area contributed by atoms with Crippen LogP contribution in [0.3, 0.4) is 0 Å². The summed E-state index contributed by atoms with van der Waals surface area (Å²) in [5.74, 6) is -10.9. The fourth-order valence-corrected chi connectivity index (χ4v) is 7.01. The molecule has 0 bridgehead atoms. The van der Waals surface area contributed by atoms with E-state index in [4.69, 9.17) is 17.2 Å². The van der Waals surface area contributed by atoms with Crippen molar-refractivity contribution in [2.45, 2.75) is 114 Å². The number of benzene rings is 2. The summed E-state index contributed by atoms with van der Waals surface area (Å²) in [7, 11) is 0. The van der Waals surface area contributed by atoms with Crippen molar-refractivity contribution in [1.29, 1.82) is 0 Å². The lowest BCUT2D eigenvalue weighted by atomic mass is 9.96. The molecule has 25 nitrogen and oxygen atoms in total. The highest BCUT2D eigenvalue weighted by Gasteiger charge is 2.35. The quantitative estimate of drug-likeness (QED) is 0.0567. The van der Waals surface area contributed by atoms with E-state index in [-0.39, 0.29) is 38.0 Å². The van der Waals surface area contributed by atoms with Gasteiger partial charge >= 0.3 is 0 Å². The molecule has 1 aliphatic rings. The minimum Gasteiger partial charge on any atom is -0.508 e. The van der Waals surface area contributed by atoms with Crippen molar-refractivity contribution in [2.24, 2.45) is 23.1 Å². The highest BCUT2D eigenvalue weighted by atomic mass is 16.3. The number of carbonyl (C=O) groups is 12. The predicted molar refractivity (Wildman–Crippen MR) is 252 cm³/mol. The van der Waals surface area contributed by atoms with Crippen LogP contribution < -0.4 is 65.1 Å². The molecule has 0 radical (unpaired) electrons. The van der Waals surface area contributed by atoms with Crippen LogP contribution in [0.25, 0.3) is 0 Å². The van der Waals surface area contributed by atoms with E-state index in [0.29, 0.717) is 17.5 Å². The average Bonchev–Trinajstić information content (AvgIpc) is 3.32. The van der Waals surface area contributed by atoms with Crippen molar-refractivity contribution in [3.05, 3.63) is 65.7 Å². The molecular formula is C46H64N12O13. The summed E-state index contributed by atoms with van der Waals surface area (Å²) in [6, 6.07) is 5.21. The average molecular weight is 993 g/mol. The van der Waals surface area contributed by atoms with Crippen LogP contribution in [0.1, 0.15) is 88.8 Å². The van der Waals surface area contributed by atoms with Gasteiger partial charge in [-0.25, -0.2) is 0 Å². The lowest BCUT2D eigenvalue weighted by Gasteiger charge is -2.29. The van der Waals surface area contributed by atoms with Gasteiger partial charge in [-0.15, -0.1) is 0 Å². The summed E-state index contributed by atoms with van der Waals surface area (Å²) in [5.41, 5.74) is 16.9. The third-order valence-electron chi connectivity index (χ3n) is 11.2. The first-order valence-electron chi connectivity index (χ1n) is 23.0. The van der Waals surface area contributed by atoms with Gasteiger partial charge in [0.2, 0.25) is 70.9 Å². The molecule has 2 aromatic carbocycles. The van der Waals surface area contributed by atoms with E-state index >= 15 is 0 Å². The fourth-order valence-electron chi connectivity index (χ4n) is 7.01. The summed E-state index contributed by atoms with van der Waals surface area (Å²) in [6.07, 6.45) is -2.13. The maximum Gasteiger partial charge on any atom is 0.247 e. The third kappa shape index (κ3) is 20.6. The van der Waals surface area contributed by atoms with E-state index in [1.165, 1.54) is 24.3 Å².